The van der Waals surface area contributed by atoms with Crippen molar-refractivity contribution < 1.29 is 19.7 Å². The van der Waals surface area contributed by atoms with Crippen LogP contribution in [0, 0.1) is 23.2 Å². The molecule has 0 aromatic heterocycles. The molecule has 0 spiro atoms. The number of allylic oxidation sites excluding steroid dienone is 1. The van der Waals surface area contributed by atoms with Gasteiger partial charge in [-0.3, -0.25) is 4.79 Å². The number of carbonyl (C=O) groups excluding carboxylic acids is 1. The van der Waals surface area contributed by atoms with Crippen LogP contribution in [0.4, 0.5) is 0 Å². The number of hydrogen-bond donors (Lipinski definition) is 2. The van der Waals surface area contributed by atoms with Crippen LogP contribution in [0.5, 0.6) is 0 Å². The minimum absolute atomic E-state index is 0.175. The summed E-state index contributed by atoms with van der Waals surface area (Å²) in [5.41, 5.74) is 0.157. The minimum Gasteiger partial charge on any atom is -0.462 e. The molecular weight excluding hydrogens is 244 g/mol. The fraction of sp³-hybridized carbons (Fsp3) is 0.667. The topological polar surface area (TPSA) is 66.8 Å². The van der Waals surface area contributed by atoms with Gasteiger partial charge >= 0.3 is 5.97 Å². The van der Waals surface area contributed by atoms with E-state index < -0.39 is 11.5 Å². The van der Waals surface area contributed by atoms with E-state index in [9.17, 15) is 15.0 Å². The second-order valence-electron chi connectivity index (χ2n) is 6.04. The molecule has 2 fully saturated rings. The van der Waals surface area contributed by atoms with Crippen molar-refractivity contribution in [1.82, 2.24) is 0 Å². The zero-order chi connectivity index (χ0) is 14.4. The molecular formula is C15H22O4. The number of aliphatic hydroxyl groups excluding tert-OH is 2. The second kappa shape index (κ2) is 4.76. The van der Waals surface area contributed by atoms with E-state index in [1.165, 1.54) is 0 Å². The first-order valence-corrected chi connectivity index (χ1v) is 6.66. The largest absolute Gasteiger partial charge is 0.462 e. The molecule has 6 unspecified atom stereocenters. The quantitative estimate of drug-likeness (QED) is 0.596. The van der Waals surface area contributed by atoms with Crippen molar-refractivity contribution in [2.75, 3.05) is 6.61 Å². The Hall–Kier alpha value is -1.13. The zero-order valence-electron chi connectivity index (χ0n) is 11.5. The van der Waals surface area contributed by atoms with Gasteiger partial charge in [0.05, 0.1) is 18.6 Å². The highest BCUT2D eigenvalue weighted by atomic mass is 16.6. The van der Waals surface area contributed by atoms with Crippen LogP contribution >= 0.6 is 0 Å². The molecule has 1 saturated carbocycles. The van der Waals surface area contributed by atoms with Crippen molar-refractivity contribution >= 4 is 5.97 Å². The van der Waals surface area contributed by atoms with Crippen LogP contribution in [0.3, 0.4) is 0 Å². The Labute approximate surface area is 113 Å². The van der Waals surface area contributed by atoms with Gasteiger partial charge in [-0.05, 0) is 17.4 Å². The molecule has 4 heteroatoms. The van der Waals surface area contributed by atoms with Crippen molar-refractivity contribution in [3.8, 4) is 0 Å². The maximum atomic E-state index is 11.7. The molecule has 0 aromatic carbocycles. The summed E-state index contributed by atoms with van der Waals surface area (Å²) >= 11 is 0. The second-order valence-corrected chi connectivity index (χ2v) is 6.04. The van der Waals surface area contributed by atoms with Crippen LogP contribution in [-0.4, -0.2) is 35.0 Å². The third kappa shape index (κ3) is 2.03. The summed E-state index contributed by atoms with van der Waals surface area (Å²) in [5.74, 6) is -1.10. The van der Waals surface area contributed by atoms with Gasteiger partial charge in [0.1, 0.15) is 6.10 Å². The Bertz CT molecular complexity index is 416. The van der Waals surface area contributed by atoms with E-state index in [0.717, 1.165) is 0 Å². The molecule has 2 rings (SSSR count). The number of carbonyl (C=O) groups is 1. The van der Waals surface area contributed by atoms with E-state index in [1.54, 1.807) is 13.0 Å². The van der Waals surface area contributed by atoms with Gasteiger partial charge in [-0.15, -0.1) is 6.58 Å². The number of esters is 1. The van der Waals surface area contributed by atoms with Crippen molar-refractivity contribution in [2.24, 2.45) is 23.2 Å². The summed E-state index contributed by atoms with van der Waals surface area (Å²) < 4.78 is 5.37. The lowest BCUT2D eigenvalue weighted by atomic mass is 9.58. The van der Waals surface area contributed by atoms with Crippen LogP contribution in [0.25, 0.3) is 0 Å². The predicted molar refractivity (Wildman–Crippen MR) is 71.2 cm³/mol. The molecule has 0 amide bonds. The third-order valence-corrected chi connectivity index (χ3v) is 4.84. The highest BCUT2D eigenvalue weighted by molar-refractivity contribution is 5.75. The first kappa shape index (κ1) is 14.3. The highest BCUT2D eigenvalue weighted by Crippen LogP contribution is 2.52. The van der Waals surface area contributed by atoms with Crippen molar-refractivity contribution in [2.45, 2.75) is 32.5 Å². The SMILES string of the molecule is C=CC1(C)CC2OC(=O)C(C)C2C(O)C1C(=C)CO. The van der Waals surface area contributed by atoms with Crippen molar-refractivity contribution in [3.05, 3.63) is 24.8 Å². The molecule has 0 bridgehead atoms. The Morgan fingerprint density at radius 1 is 1.63 bits per heavy atom. The molecule has 6 atom stereocenters. The lowest BCUT2D eigenvalue weighted by Gasteiger charge is -2.48. The standard InChI is InChI=1S/C15H22O4/c1-5-15(4)6-10-11(9(3)14(18)19-10)13(17)12(15)8(2)7-16/h5,9-13,16-17H,1-2,6-7H2,3-4H3. The molecule has 2 aliphatic rings. The number of ether oxygens (including phenoxy) is 1. The van der Waals surface area contributed by atoms with Gasteiger partial charge in [-0.2, -0.15) is 0 Å². The molecule has 106 valence electrons. The number of rotatable bonds is 3. The average Bonchev–Trinajstić information content (AvgIpc) is 2.64. The van der Waals surface area contributed by atoms with E-state index in [1.807, 2.05) is 6.92 Å². The number of hydrogen-bond acceptors (Lipinski definition) is 4. The molecule has 1 aliphatic carbocycles. The van der Waals surface area contributed by atoms with Gasteiger partial charge < -0.3 is 14.9 Å². The van der Waals surface area contributed by atoms with E-state index in [4.69, 9.17) is 4.74 Å². The summed E-state index contributed by atoms with van der Waals surface area (Å²) in [7, 11) is 0. The smallest absolute Gasteiger partial charge is 0.309 e. The summed E-state index contributed by atoms with van der Waals surface area (Å²) in [6, 6.07) is 0. The van der Waals surface area contributed by atoms with E-state index >= 15 is 0 Å². The van der Waals surface area contributed by atoms with E-state index in [0.29, 0.717) is 12.0 Å². The molecule has 0 aromatic rings. The highest BCUT2D eigenvalue weighted by Gasteiger charge is 2.57. The summed E-state index contributed by atoms with van der Waals surface area (Å²) in [5, 5.41) is 20.0. The third-order valence-electron chi connectivity index (χ3n) is 4.84. The predicted octanol–water partition coefficient (Wildman–Crippen LogP) is 1.29. The first-order valence-electron chi connectivity index (χ1n) is 6.66. The monoisotopic (exact) mass is 266 g/mol. The van der Waals surface area contributed by atoms with E-state index in [2.05, 4.69) is 13.2 Å². The van der Waals surface area contributed by atoms with E-state index in [-0.39, 0.29) is 36.4 Å². The molecule has 2 N–H and O–H groups in total. The lowest BCUT2D eigenvalue weighted by molar-refractivity contribution is -0.146. The summed E-state index contributed by atoms with van der Waals surface area (Å²) in [4.78, 5) is 11.7. The van der Waals surface area contributed by atoms with Crippen LogP contribution in [0.15, 0.2) is 24.8 Å². The maximum absolute atomic E-state index is 11.7. The van der Waals surface area contributed by atoms with Crippen LogP contribution in [0.2, 0.25) is 0 Å². The fourth-order valence-corrected chi connectivity index (χ4v) is 3.70. The normalized spacial score (nSPS) is 45.5. The average molecular weight is 266 g/mol. The van der Waals surface area contributed by atoms with Gasteiger partial charge in [0.25, 0.3) is 0 Å². The molecule has 19 heavy (non-hydrogen) atoms. The van der Waals surface area contributed by atoms with Gasteiger partial charge in [0.15, 0.2) is 0 Å². The summed E-state index contributed by atoms with van der Waals surface area (Å²) in [6.07, 6.45) is 1.36. The fourth-order valence-electron chi connectivity index (χ4n) is 3.70. The molecule has 1 aliphatic heterocycles. The van der Waals surface area contributed by atoms with Gasteiger partial charge in [0.2, 0.25) is 0 Å². The Morgan fingerprint density at radius 3 is 2.79 bits per heavy atom. The zero-order valence-corrected chi connectivity index (χ0v) is 11.5. The summed E-state index contributed by atoms with van der Waals surface area (Å²) in [6.45, 7) is 11.3. The van der Waals surface area contributed by atoms with Crippen LogP contribution in [0.1, 0.15) is 20.3 Å². The molecule has 4 nitrogen and oxygen atoms in total. The van der Waals surface area contributed by atoms with Crippen molar-refractivity contribution in [3.63, 3.8) is 0 Å². The van der Waals surface area contributed by atoms with Gasteiger partial charge in [-0.25, -0.2) is 0 Å². The van der Waals surface area contributed by atoms with Crippen LogP contribution < -0.4 is 0 Å². The lowest BCUT2D eigenvalue weighted by Crippen LogP contribution is -2.51. The van der Waals surface area contributed by atoms with Gasteiger partial charge in [-0.1, -0.05) is 26.5 Å². The molecule has 1 saturated heterocycles. The first-order chi connectivity index (χ1) is 8.85. The maximum Gasteiger partial charge on any atom is 0.309 e. The van der Waals surface area contributed by atoms with Crippen LogP contribution in [-0.2, 0) is 9.53 Å². The Morgan fingerprint density at radius 2 is 2.26 bits per heavy atom. The number of fused-ring (bicyclic) bond motifs is 1. The molecule has 1 heterocycles. The Kier molecular flexibility index (Phi) is 3.58. The Balaban J connectivity index is 2.39. The van der Waals surface area contributed by atoms with Gasteiger partial charge in [0, 0.05) is 11.8 Å². The molecule has 0 radical (unpaired) electrons. The number of aliphatic hydroxyl groups is 2. The van der Waals surface area contributed by atoms with Crippen molar-refractivity contribution in [1.29, 1.82) is 0 Å². The minimum atomic E-state index is -0.747.